The lowest BCUT2D eigenvalue weighted by Crippen LogP contribution is -2.17. The van der Waals surface area contributed by atoms with Crippen LogP contribution in [-0.2, 0) is 30.8 Å². The Morgan fingerprint density at radius 1 is 0.692 bits per heavy atom. The number of carbonyl (C=O) groups is 1. The van der Waals surface area contributed by atoms with Crippen molar-refractivity contribution >= 4 is 51.0 Å². The maximum atomic E-state index is 13.7. The molecule has 2 aromatic heterocycles. The highest BCUT2D eigenvalue weighted by Crippen LogP contribution is 2.40. The van der Waals surface area contributed by atoms with E-state index in [0.717, 1.165) is 18.3 Å². The fourth-order valence-electron chi connectivity index (χ4n) is 5.88. The van der Waals surface area contributed by atoms with Gasteiger partial charge in [0.25, 0.3) is 11.8 Å². The molecule has 6 aromatic rings. The van der Waals surface area contributed by atoms with Crippen LogP contribution in [-0.4, -0.2) is 36.3 Å². The number of aromatic hydroxyl groups is 2. The van der Waals surface area contributed by atoms with Crippen molar-refractivity contribution in [2.24, 2.45) is 0 Å². The Morgan fingerprint density at radius 2 is 1.12 bits per heavy atom. The monoisotopic (exact) mass is 926 g/mol. The Hall–Kier alpha value is -4.51. The van der Waals surface area contributed by atoms with Crippen LogP contribution >= 0.6 is 45.2 Å². The maximum absolute atomic E-state index is 13.7. The first-order valence-corrected chi connectivity index (χ1v) is 18.7. The zero-order valence-electron chi connectivity index (χ0n) is 28.9. The Morgan fingerprint density at radius 3 is 1.52 bits per heavy atom. The highest BCUT2D eigenvalue weighted by atomic mass is 127. The molecule has 6 rings (SSSR count). The number of benzene rings is 4. The first-order valence-electron chi connectivity index (χ1n) is 16.5. The standard InChI is InChI=1S/C39H36I2N4O7/c1-21(29-11-13-31(23(3)38(29)47)49-19-35-42-33(44-51-35)17-25-7-5-9-27(40)15-25)37(46)22(2)30-12-14-32(24(4)39(30)48)50-20-36-43-34(45-52-36)18-26-8-6-10-28(41)16-26/h5-16,21-22,47-48H,17-20H2,1-4H3. The molecule has 0 spiro atoms. The number of aromatic nitrogens is 4. The van der Waals surface area contributed by atoms with Crippen LogP contribution < -0.4 is 9.47 Å². The molecule has 13 heteroatoms. The number of Topliss-reactive ketones (excluding diaryl/α,β-unsaturated/α-hetero) is 1. The van der Waals surface area contributed by atoms with Crippen LogP contribution in [0.1, 0.15) is 82.5 Å². The quantitative estimate of drug-likeness (QED) is 0.101. The van der Waals surface area contributed by atoms with E-state index in [1.165, 1.54) is 0 Å². The molecule has 0 fully saturated rings. The maximum Gasteiger partial charge on any atom is 0.264 e. The number of hydrogen-bond acceptors (Lipinski definition) is 11. The van der Waals surface area contributed by atoms with Crippen LogP contribution in [0.3, 0.4) is 0 Å². The van der Waals surface area contributed by atoms with Gasteiger partial charge in [-0.3, -0.25) is 4.79 Å². The van der Waals surface area contributed by atoms with Gasteiger partial charge in [-0.05, 0) is 107 Å². The molecule has 0 saturated heterocycles. The minimum absolute atomic E-state index is 0.0204. The second-order valence-corrected chi connectivity index (χ2v) is 15.0. The summed E-state index contributed by atoms with van der Waals surface area (Å²) in [7, 11) is 0. The molecule has 0 aliphatic heterocycles. The van der Waals surface area contributed by atoms with Crippen LogP contribution in [0.2, 0.25) is 0 Å². The minimum Gasteiger partial charge on any atom is -0.507 e. The molecule has 0 aliphatic rings. The number of carbonyl (C=O) groups excluding carboxylic acids is 1. The van der Waals surface area contributed by atoms with Gasteiger partial charge in [-0.2, -0.15) is 9.97 Å². The normalized spacial score (nSPS) is 12.4. The average molecular weight is 927 g/mol. The molecule has 2 atom stereocenters. The van der Waals surface area contributed by atoms with Crippen molar-refractivity contribution in [1.82, 2.24) is 20.3 Å². The van der Waals surface area contributed by atoms with Gasteiger partial charge in [0.2, 0.25) is 0 Å². The van der Waals surface area contributed by atoms with Crippen molar-refractivity contribution in [3.8, 4) is 23.0 Å². The number of phenolic OH excluding ortho intramolecular Hbond substituents is 2. The number of phenols is 2. The summed E-state index contributed by atoms with van der Waals surface area (Å²) in [5, 5.41) is 30.4. The zero-order valence-corrected chi connectivity index (χ0v) is 33.2. The van der Waals surface area contributed by atoms with Gasteiger partial charge in [-0.25, -0.2) is 0 Å². The summed E-state index contributed by atoms with van der Waals surface area (Å²) in [5.41, 5.74) is 4.02. The van der Waals surface area contributed by atoms with E-state index in [2.05, 4.69) is 77.6 Å². The summed E-state index contributed by atoms with van der Waals surface area (Å²) in [6, 6.07) is 22.9. The van der Waals surface area contributed by atoms with Gasteiger partial charge in [-0.15, -0.1) is 0 Å². The molecule has 2 unspecified atom stereocenters. The van der Waals surface area contributed by atoms with E-state index < -0.39 is 11.8 Å². The third-order valence-electron chi connectivity index (χ3n) is 8.84. The van der Waals surface area contributed by atoms with Gasteiger partial charge in [0.1, 0.15) is 28.8 Å². The molecule has 11 nitrogen and oxygen atoms in total. The average Bonchev–Trinajstić information content (AvgIpc) is 3.77. The summed E-state index contributed by atoms with van der Waals surface area (Å²) < 4.78 is 24.8. The molecule has 2 N–H and O–H groups in total. The van der Waals surface area contributed by atoms with Crippen molar-refractivity contribution in [3.63, 3.8) is 0 Å². The second kappa shape index (κ2) is 16.4. The first kappa shape index (κ1) is 37.3. The largest absolute Gasteiger partial charge is 0.507 e. The lowest BCUT2D eigenvalue weighted by molar-refractivity contribution is -0.121. The fourth-order valence-corrected chi connectivity index (χ4v) is 7.09. The summed E-state index contributed by atoms with van der Waals surface area (Å²) >= 11 is 4.52. The molecule has 0 aliphatic carbocycles. The number of hydrogen-bond donors (Lipinski definition) is 2. The van der Waals surface area contributed by atoms with E-state index >= 15 is 0 Å². The van der Waals surface area contributed by atoms with Gasteiger partial charge in [0.15, 0.2) is 24.9 Å². The van der Waals surface area contributed by atoms with E-state index in [4.69, 9.17) is 18.5 Å². The zero-order chi connectivity index (χ0) is 36.9. The van der Waals surface area contributed by atoms with Gasteiger partial charge in [0, 0.05) is 54.1 Å². The molecule has 52 heavy (non-hydrogen) atoms. The number of ketones is 1. The second-order valence-electron chi connectivity index (χ2n) is 12.5. The van der Waals surface area contributed by atoms with Crippen LogP contribution in [0.4, 0.5) is 0 Å². The van der Waals surface area contributed by atoms with E-state index in [1.807, 2.05) is 36.4 Å². The molecule has 0 radical (unpaired) electrons. The number of rotatable bonds is 14. The first-order chi connectivity index (χ1) is 25.0. The van der Waals surface area contributed by atoms with Gasteiger partial charge < -0.3 is 28.7 Å². The lowest BCUT2D eigenvalue weighted by Gasteiger charge is -2.21. The van der Waals surface area contributed by atoms with Crippen molar-refractivity contribution in [1.29, 1.82) is 0 Å². The predicted molar refractivity (Wildman–Crippen MR) is 209 cm³/mol. The van der Waals surface area contributed by atoms with Crippen molar-refractivity contribution in [2.45, 2.75) is 65.6 Å². The van der Waals surface area contributed by atoms with E-state index in [0.29, 0.717) is 70.0 Å². The Balaban J connectivity index is 1.06. The van der Waals surface area contributed by atoms with Crippen molar-refractivity contribution in [3.05, 3.63) is 137 Å². The third-order valence-corrected chi connectivity index (χ3v) is 10.2. The SMILES string of the molecule is Cc1c(OCc2nc(Cc3cccc(I)c3)no2)ccc(C(C)C(=O)C(C)c2ccc(OCc3nc(Cc4cccc(I)c4)no3)c(C)c2O)c1O. The molecule has 4 aromatic carbocycles. The van der Waals surface area contributed by atoms with Crippen LogP contribution in [0, 0.1) is 21.0 Å². The van der Waals surface area contributed by atoms with Gasteiger partial charge >= 0.3 is 0 Å². The smallest absolute Gasteiger partial charge is 0.264 e. The number of halogens is 2. The van der Waals surface area contributed by atoms with E-state index in [-0.39, 0.29) is 30.5 Å². The Kier molecular flexibility index (Phi) is 11.8. The molecular weight excluding hydrogens is 890 g/mol. The number of ether oxygens (including phenoxy) is 2. The van der Waals surface area contributed by atoms with E-state index in [9.17, 15) is 15.0 Å². The molecule has 0 bridgehead atoms. The lowest BCUT2D eigenvalue weighted by atomic mass is 9.84. The molecule has 2 heterocycles. The summed E-state index contributed by atoms with van der Waals surface area (Å²) in [6.45, 7) is 6.95. The van der Waals surface area contributed by atoms with E-state index in [1.54, 1.807) is 52.0 Å². The van der Waals surface area contributed by atoms with Gasteiger partial charge in [-0.1, -0.05) is 60.6 Å². The van der Waals surface area contributed by atoms with Crippen molar-refractivity contribution in [2.75, 3.05) is 0 Å². The number of nitrogens with zero attached hydrogens (tertiary/aromatic N) is 4. The Bertz CT molecular complexity index is 2060. The van der Waals surface area contributed by atoms with Crippen molar-refractivity contribution < 1.29 is 33.5 Å². The topological polar surface area (TPSA) is 154 Å². The highest BCUT2D eigenvalue weighted by molar-refractivity contribution is 14.1. The predicted octanol–water partition coefficient (Wildman–Crippen LogP) is 8.51. The highest BCUT2D eigenvalue weighted by Gasteiger charge is 2.29. The van der Waals surface area contributed by atoms with Gasteiger partial charge in [0.05, 0.1) is 0 Å². The molecular formula is C39H36I2N4O7. The van der Waals surface area contributed by atoms with Crippen LogP contribution in [0.25, 0.3) is 0 Å². The Labute approximate surface area is 328 Å². The van der Waals surface area contributed by atoms with Crippen LogP contribution in [0.5, 0.6) is 23.0 Å². The summed E-state index contributed by atoms with van der Waals surface area (Å²) in [5.74, 6) is 0.965. The van der Waals surface area contributed by atoms with Crippen LogP contribution in [0.15, 0.2) is 81.8 Å². The third kappa shape index (κ3) is 8.74. The fraction of sp³-hybridized carbons (Fsp3) is 0.256. The molecule has 0 amide bonds. The molecule has 0 saturated carbocycles. The summed E-state index contributed by atoms with van der Waals surface area (Å²) in [4.78, 5) is 22.6. The molecule has 268 valence electrons. The minimum atomic E-state index is -0.677. The summed E-state index contributed by atoms with van der Waals surface area (Å²) in [6.07, 6.45) is 1.07.